The van der Waals surface area contributed by atoms with Gasteiger partial charge in [-0.1, -0.05) is 18.2 Å². The van der Waals surface area contributed by atoms with Crippen molar-refractivity contribution in [1.29, 1.82) is 0 Å². The zero-order valence-electron chi connectivity index (χ0n) is 16.7. The van der Waals surface area contributed by atoms with Gasteiger partial charge in [0, 0.05) is 12.2 Å². The third-order valence-electron chi connectivity index (χ3n) is 3.96. The molecule has 2 unspecified atom stereocenters. The van der Waals surface area contributed by atoms with E-state index < -0.39 is 47.6 Å². The first-order chi connectivity index (χ1) is 15.6. The number of phenols is 3. The first-order valence-corrected chi connectivity index (χ1v) is 9.11. The fraction of sp³-hybridized carbons (Fsp3) is 0.0909. The Bertz CT molecular complexity index is 1100. The molecule has 0 heterocycles. The van der Waals surface area contributed by atoms with Crippen LogP contribution < -0.4 is 0 Å². The quantitative estimate of drug-likeness (QED) is 0.208. The van der Waals surface area contributed by atoms with Gasteiger partial charge in [0.1, 0.15) is 5.75 Å². The van der Waals surface area contributed by atoms with E-state index >= 15 is 0 Å². The SMILES string of the molecule is O=C(/C=C/c1ccc(O)cc1)OC(C(=O)O)C(OC(=O)/C=C/c1ccc(O)c(O)c1)C(=O)O. The minimum atomic E-state index is -2.36. The zero-order chi connectivity index (χ0) is 24.5. The Hall–Kier alpha value is -4.80. The van der Waals surface area contributed by atoms with E-state index in [9.17, 15) is 44.7 Å². The molecule has 11 heteroatoms. The van der Waals surface area contributed by atoms with Gasteiger partial charge in [0.25, 0.3) is 0 Å². The van der Waals surface area contributed by atoms with Crippen LogP contribution in [0.3, 0.4) is 0 Å². The topological polar surface area (TPSA) is 188 Å². The number of rotatable bonds is 9. The highest BCUT2D eigenvalue weighted by Gasteiger charge is 2.40. The largest absolute Gasteiger partial charge is 0.508 e. The van der Waals surface area contributed by atoms with Gasteiger partial charge in [0.15, 0.2) is 11.5 Å². The van der Waals surface area contributed by atoms with Gasteiger partial charge in [0.05, 0.1) is 0 Å². The molecule has 0 amide bonds. The van der Waals surface area contributed by atoms with E-state index in [-0.39, 0.29) is 11.3 Å². The van der Waals surface area contributed by atoms with Crippen LogP contribution in [0.25, 0.3) is 12.2 Å². The van der Waals surface area contributed by atoms with Crippen LogP contribution in [0.2, 0.25) is 0 Å². The highest BCUT2D eigenvalue weighted by molar-refractivity contribution is 5.93. The fourth-order valence-corrected chi connectivity index (χ4v) is 2.37. The molecule has 0 bridgehead atoms. The summed E-state index contributed by atoms with van der Waals surface area (Å²) in [4.78, 5) is 46.9. The third kappa shape index (κ3) is 7.43. The minimum Gasteiger partial charge on any atom is -0.508 e. The summed E-state index contributed by atoms with van der Waals surface area (Å²) in [5.74, 6) is -7.10. The van der Waals surface area contributed by atoms with Gasteiger partial charge >= 0.3 is 23.9 Å². The molecule has 0 saturated heterocycles. The maximum absolute atomic E-state index is 12.0. The molecule has 0 aliphatic carbocycles. The van der Waals surface area contributed by atoms with Gasteiger partial charge in [-0.05, 0) is 47.5 Å². The first kappa shape index (κ1) is 24.5. The van der Waals surface area contributed by atoms with Crippen LogP contribution in [0.4, 0.5) is 0 Å². The second-order valence-electron chi connectivity index (χ2n) is 6.40. The molecule has 2 atom stereocenters. The van der Waals surface area contributed by atoms with E-state index in [0.29, 0.717) is 5.56 Å². The molecule has 0 spiro atoms. The van der Waals surface area contributed by atoms with E-state index in [2.05, 4.69) is 9.47 Å². The van der Waals surface area contributed by atoms with Crippen molar-refractivity contribution in [3.63, 3.8) is 0 Å². The van der Waals surface area contributed by atoms with Crippen molar-refractivity contribution in [3.8, 4) is 17.2 Å². The van der Waals surface area contributed by atoms with Crippen molar-refractivity contribution in [3.05, 3.63) is 65.7 Å². The van der Waals surface area contributed by atoms with Gasteiger partial charge in [-0.3, -0.25) is 0 Å². The van der Waals surface area contributed by atoms with Gasteiger partial charge in [-0.2, -0.15) is 0 Å². The average molecular weight is 458 g/mol. The van der Waals surface area contributed by atoms with Gasteiger partial charge < -0.3 is 35.0 Å². The number of aromatic hydroxyl groups is 3. The van der Waals surface area contributed by atoms with E-state index in [1.807, 2.05) is 0 Å². The van der Waals surface area contributed by atoms with Crippen molar-refractivity contribution in [2.24, 2.45) is 0 Å². The number of ether oxygens (including phenoxy) is 2. The van der Waals surface area contributed by atoms with Crippen LogP contribution >= 0.6 is 0 Å². The van der Waals surface area contributed by atoms with Crippen molar-refractivity contribution >= 4 is 36.0 Å². The lowest BCUT2D eigenvalue weighted by Gasteiger charge is -2.19. The second-order valence-corrected chi connectivity index (χ2v) is 6.40. The fourth-order valence-electron chi connectivity index (χ4n) is 2.37. The zero-order valence-corrected chi connectivity index (χ0v) is 16.7. The number of carboxylic acid groups (broad SMARTS) is 2. The lowest BCUT2D eigenvalue weighted by atomic mass is 10.2. The summed E-state index contributed by atoms with van der Waals surface area (Å²) in [5, 5.41) is 46.5. The predicted octanol–water partition coefficient (Wildman–Crippen LogP) is 1.52. The number of hydrogen-bond acceptors (Lipinski definition) is 9. The summed E-state index contributed by atoms with van der Waals surface area (Å²) in [7, 11) is 0. The van der Waals surface area contributed by atoms with E-state index in [1.54, 1.807) is 0 Å². The average Bonchev–Trinajstić information content (AvgIpc) is 2.76. The molecule has 5 N–H and O–H groups in total. The number of aliphatic carboxylic acids is 2. The molecule has 0 aliphatic heterocycles. The number of carbonyl (C=O) groups is 4. The summed E-state index contributed by atoms with van der Waals surface area (Å²) in [6.07, 6.45) is -0.776. The Morgan fingerprint density at radius 1 is 0.667 bits per heavy atom. The van der Waals surface area contributed by atoms with Gasteiger partial charge in [0.2, 0.25) is 12.2 Å². The Morgan fingerprint density at radius 3 is 1.58 bits per heavy atom. The van der Waals surface area contributed by atoms with Gasteiger partial charge in [-0.15, -0.1) is 0 Å². The van der Waals surface area contributed by atoms with Crippen LogP contribution in [0.5, 0.6) is 17.2 Å². The summed E-state index contributed by atoms with van der Waals surface area (Å²) >= 11 is 0. The lowest BCUT2D eigenvalue weighted by molar-refractivity contribution is -0.183. The smallest absolute Gasteiger partial charge is 0.349 e. The number of hydrogen-bond donors (Lipinski definition) is 5. The maximum atomic E-state index is 12.0. The molecule has 0 fully saturated rings. The maximum Gasteiger partial charge on any atom is 0.349 e. The normalized spacial score (nSPS) is 12.8. The monoisotopic (exact) mass is 458 g/mol. The van der Waals surface area contributed by atoms with Crippen LogP contribution in [-0.4, -0.2) is 61.6 Å². The minimum absolute atomic E-state index is 0.0111. The molecular weight excluding hydrogens is 440 g/mol. The standard InChI is InChI=1S/C22H18O11/c23-14-6-1-12(2-7-14)4-9-17(26)32-19(21(28)29)20(22(30)31)33-18(27)10-5-13-3-8-15(24)16(25)11-13/h1-11,19-20,23-25H,(H,28,29)(H,30,31)/b9-4+,10-5+. The molecule has 2 aromatic rings. The molecule has 172 valence electrons. The van der Waals surface area contributed by atoms with E-state index in [1.165, 1.54) is 36.4 Å². The molecule has 2 rings (SSSR count). The van der Waals surface area contributed by atoms with Crippen LogP contribution in [0, 0.1) is 0 Å². The number of phenolic OH excluding ortho intramolecular Hbond substituents is 3. The van der Waals surface area contributed by atoms with Gasteiger partial charge in [-0.25, -0.2) is 19.2 Å². The molecule has 11 nitrogen and oxygen atoms in total. The predicted molar refractivity (Wildman–Crippen MR) is 111 cm³/mol. The number of carboxylic acids is 2. The summed E-state index contributed by atoms with van der Waals surface area (Å²) in [6, 6.07) is 9.18. The highest BCUT2D eigenvalue weighted by Crippen LogP contribution is 2.25. The summed E-state index contributed by atoms with van der Waals surface area (Å²) in [5.41, 5.74) is 0.706. The van der Waals surface area contributed by atoms with Crippen molar-refractivity contribution in [2.75, 3.05) is 0 Å². The molecule has 33 heavy (non-hydrogen) atoms. The van der Waals surface area contributed by atoms with Crippen LogP contribution in [0.15, 0.2) is 54.6 Å². The Kier molecular flexibility index (Phi) is 8.16. The Balaban J connectivity index is 2.09. The molecule has 0 aliphatic rings. The molecule has 2 aromatic carbocycles. The summed E-state index contributed by atoms with van der Waals surface area (Å²) in [6.45, 7) is 0. The highest BCUT2D eigenvalue weighted by atomic mass is 16.6. The Labute approximate surface area is 186 Å². The number of esters is 2. The molecule has 0 radical (unpaired) electrons. The van der Waals surface area contributed by atoms with Crippen molar-refractivity contribution < 1.29 is 54.2 Å². The van der Waals surface area contributed by atoms with Crippen molar-refractivity contribution in [1.82, 2.24) is 0 Å². The number of benzene rings is 2. The second kappa shape index (κ2) is 11.0. The first-order valence-electron chi connectivity index (χ1n) is 9.11. The van der Waals surface area contributed by atoms with Crippen LogP contribution in [-0.2, 0) is 28.7 Å². The molecule has 0 aromatic heterocycles. The van der Waals surface area contributed by atoms with Crippen LogP contribution in [0.1, 0.15) is 11.1 Å². The summed E-state index contributed by atoms with van der Waals surface area (Å²) < 4.78 is 9.30. The van der Waals surface area contributed by atoms with E-state index in [0.717, 1.165) is 30.4 Å². The Morgan fingerprint density at radius 2 is 1.12 bits per heavy atom. The lowest BCUT2D eigenvalue weighted by Crippen LogP contribution is -2.45. The van der Waals surface area contributed by atoms with Crippen molar-refractivity contribution in [2.45, 2.75) is 12.2 Å². The van der Waals surface area contributed by atoms with E-state index in [4.69, 9.17) is 0 Å². The molecular formula is C22H18O11. The number of carbonyl (C=O) groups excluding carboxylic acids is 2. The molecule has 0 saturated carbocycles. The third-order valence-corrected chi connectivity index (χ3v) is 3.96.